The Balaban J connectivity index is 1.84. The summed E-state index contributed by atoms with van der Waals surface area (Å²) < 4.78 is 0. The molecule has 1 heterocycles. The van der Waals surface area contributed by atoms with Crippen molar-refractivity contribution in [3.8, 4) is 5.75 Å². The van der Waals surface area contributed by atoms with Gasteiger partial charge in [0, 0.05) is 15.5 Å². The molecule has 0 fully saturated rings. The lowest BCUT2D eigenvalue weighted by atomic mass is 10.3. The molecule has 0 unspecified atom stereocenters. The minimum absolute atomic E-state index is 0.322. The van der Waals surface area contributed by atoms with Crippen molar-refractivity contribution in [3.05, 3.63) is 40.3 Å². The van der Waals surface area contributed by atoms with Gasteiger partial charge in [0.2, 0.25) is 0 Å². The molecule has 4 heteroatoms. The maximum absolute atomic E-state index is 9.15. The molecule has 1 N–H and O–H groups in total. The molecule has 0 aliphatic carbocycles. The van der Waals surface area contributed by atoms with Crippen LogP contribution in [0.2, 0.25) is 0 Å². The lowest BCUT2D eigenvalue weighted by Crippen LogP contribution is -1.87. The smallest absolute Gasteiger partial charge is 0.115 e. The van der Waals surface area contributed by atoms with E-state index in [4.69, 9.17) is 5.11 Å². The normalized spacial score (nSPS) is 10.6. The molecule has 2 rings (SSSR count). The zero-order chi connectivity index (χ0) is 11.4. The number of thioether (sulfide) groups is 1. The van der Waals surface area contributed by atoms with Crippen LogP contribution >= 0.6 is 23.1 Å². The SMILES string of the molecule is Cc1ncsc1CCSc1ccc(O)cc1. The molecule has 16 heavy (non-hydrogen) atoms. The van der Waals surface area contributed by atoms with E-state index >= 15 is 0 Å². The number of phenols is 1. The fourth-order valence-corrected chi connectivity index (χ4v) is 3.15. The van der Waals surface area contributed by atoms with Gasteiger partial charge in [-0.05, 0) is 37.6 Å². The summed E-state index contributed by atoms with van der Waals surface area (Å²) in [6.45, 7) is 2.05. The Morgan fingerprint density at radius 1 is 1.31 bits per heavy atom. The number of rotatable bonds is 4. The highest BCUT2D eigenvalue weighted by Crippen LogP contribution is 2.23. The number of phenolic OH excluding ortho intramolecular Hbond substituents is 1. The summed E-state index contributed by atoms with van der Waals surface area (Å²) in [6.07, 6.45) is 1.06. The molecule has 0 bridgehead atoms. The van der Waals surface area contributed by atoms with Crippen molar-refractivity contribution in [2.24, 2.45) is 0 Å². The number of aryl methyl sites for hydroxylation is 2. The van der Waals surface area contributed by atoms with Crippen molar-refractivity contribution in [1.82, 2.24) is 4.98 Å². The van der Waals surface area contributed by atoms with E-state index in [1.165, 1.54) is 9.77 Å². The van der Waals surface area contributed by atoms with E-state index < -0.39 is 0 Å². The molecule has 1 aromatic carbocycles. The van der Waals surface area contributed by atoms with Crippen LogP contribution in [0.5, 0.6) is 5.75 Å². The standard InChI is InChI=1S/C12H13NOS2/c1-9-12(16-8-13-9)6-7-15-11-4-2-10(14)3-5-11/h2-5,8,14H,6-7H2,1H3. The summed E-state index contributed by atoms with van der Waals surface area (Å²) in [7, 11) is 0. The molecule has 0 amide bonds. The number of hydrogen-bond donors (Lipinski definition) is 1. The largest absolute Gasteiger partial charge is 0.508 e. The second kappa shape index (κ2) is 5.37. The maximum Gasteiger partial charge on any atom is 0.115 e. The summed E-state index contributed by atoms with van der Waals surface area (Å²) in [5.74, 6) is 1.37. The monoisotopic (exact) mass is 251 g/mol. The van der Waals surface area contributed by atoms with Crippen LogP contribution in [-0.4, -0.2) is 15.8 Å². The second-order valence-electron chi connectivity index (χ2n) is 3.45. The number of thiazole rings is 1. The molecule has 0 atom stereocenters. The van der Waals surface area contributed by atoms with Gasteiger partial charge in [-0.1, -0.05) is 0 Å². The highest BCUT2D eigenvalue weighted by Gasteiger charge is 2.01. The Kier molecular flexibility index (Phi) is 3.85. The fraction of sp³-hybridized carbons (Fsp3) is 0.250. The van der Waals surface area contributed by atoms with Crippen LogP contribution < -0.4 is 0 Å². The number of aromatic nitrogens is 1. The first-order valence-corrected chi connectivity index (χ1v) is 6.93. The zero-order valence-electron chi connectivity index (χ0n) is 9.01. The van der Waals surface area contributed by atoms with Gasteiger partial charge in [0.15, 0.2) is 0 Å². The zero-order valence-corrected chi connectivity index (χ0v) is 10.6. The van der Waals surface area contributed by atoms with Crippen LogP contribution in [0.1, 0.15) is 10.6 Å². The van der Waals surface area contributed by atoms with E-state index in [1.807, 2.05) is 17.6 Å². The summed E-state index contributed by atoms with van der Waals surface area (Å²) >= 11 is 3.53. The molecule has 0 aliphatic heterocycles. The van der Waals surface area contributed by atoms with E-state index in [0.717, 1.165) is 17.9 Å². The third-order valence-electron chi connectivity index (χ3n) is 2.28. The minimum Gasteiger partial charge on any atom is -0.508 e. The molecule has 0 spiro atoms. The van der Waals surface area contributed by atoms with Crippen molar-refractivity contribution in [1.29, 1.82) is 0 Å². The van der Waals surface area contributed by atoms with Gasteiger partial charge in [0.1, 0.15) is 5.75 Å². The van der Waals surface area contributed by atoms with E-state index in [9.17, 15) is 0 Å². The third kappa shape index (κ3) is 3.00. The Hall–Kier alpha value is -1.00. The molecule has 2 aromatic rings. The molecule has 0 saturated heterocycles. The third-order valence-corrected chi connectivity index (χ3v) is 4.29. The van der Waals surface area contributed by atoms with Crippen molar-refractivity contribution in [2.75, 3.05) is 5.75 Å². The van der Waals surface area contributed by atoms with Crippen LogP contribution in [-0.2, 0) is 6.42 Å². The number of nitrogens with zero attached hydrogens (tertiary/aromatic N) is 1. The van der Waals surface area contributed by atoms with Crippen molar-refractivity contribution >= 4 is 23.1 Å². The van der Waals surface area contributed by atoms with Crippen molar-refractivity contribution < 1.29 is 5.11 Å². The first-order chi connectivity index (χ1) is 7.75. The topological polar surface area (TPSA) is 33.1 Å². The lowest BCUT2D eigenvalue weighted by Gasteiger charge is -2.01. The minimum atomic E-state index is 0.322. The maximum atomic E-state index is 9.15. The van der Waals surface area contributed by atoms with Crippen molar-refractivity contribution in [3.63, 3.8) is 0 Å². The van der Waals surface area contributed by atoms with E-state index in [1.54, 1.807) is 35.2 Å². The average molecular weight is 251 g/mol. The molecular formula is C12H13NOS2. The van der Waals surface area contributed by atoms with Crippen molar-refractivity contribution in [2.45, 2.75) is 18.2 Å². The predicted molar refractivity (Wildman–Crippen MR) is 69.4 cm³/mol. The highest BCUT2D eigenvalue weighted by molar-refractivity contribution is 7.99. The van der Waals surface area contributed by atoms with Crippen LogP contribution in [0, 0.1) is 6.92 Å². The fourth-order valence-electron chi connectivity index (χ4n) is 1.37. The van der Waals surface area contributed by atoms with Gasteiger partial charge in [-0.2, -0.15) is 0 Å². The Labute approximate surface area is 103 Å². The highest BCUT2D eigenvalue weighted by atomic mass is 32.2. The van der Waals surface area contributed by atoms with Gasteiger partial charge in [-0.25, -0.2) is 4.98 Å². The van der Waals surface area contributed by atoms with Crippen LogP contribution in [0.15, 0.2) is 34.7 Å². The Morgan fingerprint density at radius 2 is 2.06 bits per heavy atom. The Bertz CT molecular complexity index is 450. The van der Waals surface area contributed by atoms with Gasteiger partial charge in [0.05, 0.1) is 11.2 Å². The molecule has 0 radical (unpaired) electrons. The van der Waals surface area contributed by atoms with E-state index in [2.05, 4.69) is 11.9 Å². The number of aromatic hydroxyl groups is 1. The van der Waals surface area contributed by atoms with Gasteiger partial charge < -0.3 is 5.11 Å². The van der Waals surface area contributed by atoms with Gasteiger partial charge in [-0.15, -0.1) is 23.1 Å². The molecule has 0 aliphatic rings. The van der Waals surface area contributed by atoms with Gasteiger partial charge in [-0.3, -0.25) is 0 Å². The second-order valence-corrected chi connectivity index (χ2v) is 5.56. The molecule has 1 aromatic heterocycles. The summed E-state index contributed by atoms with van der Waals surface area (Å²) in [5.41, 5.74) is 3.05. The molecular weight excluding hydrogens is 238 g/mol. The summed E-state index contributed by atoms with van der Waals surface area (Å²) in [5, 5.41) is 9.15. The Morgan fingerprint density at radius 3 is 2.69 bits per heavy atom. The van der Waals surface area contributed by atoms with Gasteiger partial charge in [0.25, 0.3) is 0 Å². The summed E-state index contributed by atoms with van der Waals surface area (Å²) in [4.78, 5) is 6.79. The summed E-state index contributed by atoms with van der Waals surface area (Å²) in [6, 6.07) is 7.33. The van der Waals surface area contributed by atoms with Gasteiger partial charge >= 0.3 is 0 Å². The van der Waals surface area contributed by atoms with E-state index in [-0.39, 0.29) is 0 Å². The average Bonchev–Trinajstić information content (AvgIpc) is 2.68. The predicted octanol–water partition coefficient (Wildman–Crippen LogP) is 3.49. The van der Waals surface area contributed by atoms with Crippen LogP contribution in [0.25, 0.3) is 0 Å². The number of hydrogen-bond acceptors (Lipinski definition) is 4. The van der Waals surface area contributed by atoms with E-state index in [0.29, 0.717) is 5.75 Å². The van der Waals surface area contributed by atoms with Crippen LogP contribution in [0.3, 0.4) is 0 Å². The first-order valence-electron chi connectivity index (χ1n) is 5.06. The molecule has 2 nitrogen and oxygen atoms in total. The number of benzene rings is 1. The molecule has 0 saturated carbocycles. The molecule has 84 valence electrons. The lowest BCUT2D eigenvalue weighted by molar-refractivity contribution is 0.475. The quantitative estimate of drug-likeness (QED) is 0.844. The van der Waals surface area contributed by atoms with Crippen LogP contribution in [0.4, 0.5) is 0 Å². The first kappa shape index (κ1) is 11.5.